The van der Waals surface area contributed by atoms with Gasteiger partial charge in [-0.25, -0.2) is 0 Å². The second kappa shape index (κ2) is 7.73. The van der Waals surface area contributed by atoms with E-state index in [0.717, 1.165) is 0 Å². The number of rotatable bonds is 9. The summed E-state index contributed by atoms with van der Waals surface area (Å²) in [7, 11) is -6.90. The predicted octanol–water partition coefficient (Wildman–Crippen LogP) is 4.43. The Morgan fingerprint density at radius 2 is 1.25 bits per heavy atom. The molecule has 0 saturated heterocycles. The van der Waals surface area contributed by atoms with Gasteiger partial charge in [-0.3, -0.25) is 8.92 Å². The van der Waals surface area contributed by atoms with Gasteiger partial charge in [0, 0.05) is 0 Å². The third-order valence-corrected chi connectivity index (χ3v) is 3.71. The molecule has 0 radical (unpaired) electrons. The van der Waals surface area contributed by atoms with Crippen LogP contribution in [0.4, 0.5) is 57.1 Å². The monoisotopic (exact) mass is 472 g/mol. The van der Waals surface area contributed by atoms with E-state index in [1.165, 1.54) is 0 Å². The zero-order valence-electron chi connectivity index (χ0n) is 12.6. The number of hydrogen-bond acceptors (Lipinski definition) is 5. The molecule has 0 spiro atoms. The van der Waals surface area contributed by atoms with Gasteiger partial charge >= 0.3 is 51.7 Å². The van der Waals surface area contributed by atoms with E-state index in [0.29, 0.717) is 6.92 Å². The average Bonchev–Trinajstić information content (AvgIpc) is 2.44. The number of hydrogen-bond donors (Lipinski definition) is 0. The van der Waals surface area contributed by atoms with E-state index < -0.39 is 58.3 Å². The van der Waals surface area contributed by atoms with Crippen LogP contribution in [0.3, 0.4) is 0 Å². The van der Waals surface area contributed by atoms with Crippen LogP contribution in [0.25, 0.3) is 0 Å². The Bertz CT molecular complexity index is 696. The zero-order valence-corrected chi connectivity index (χ0v) is 13.4. The maximum Gasteiger partial charge on any atom is 0.471 e. The van der Waals surface area contributed by atoms with Gasteiger partial charge < -0.3 is 4.74 Å². The molecular weight excluding hydrogens is 467 g/mol. The molecule has 0 aromatic rings. The van der Waals surface area contributed by atoms with Gasteiger partial charge in [-0.15, -0.1) is 0 Å². The third kappa shape index (κ3) is 4.73. The molecule has 0 aromatic carbocycles. The predicted molar refractivity (Wildman–Crippen MR) is 57.8 cm³/mol. The fourth-order valence-corrected chi connectivity index (χ4v) is 1.90. The Morgan fingerprint density at radius 3 is 1.57 bits per heavy atom. The van der Waals surface area contributed by atoms with Gasteiger partial charge in [0.05, 0.1) is 6.61 Å². The molecule has 0 aliphatic rings. The first kappa shape index (κ1) is 26.5. The fourth-order valence-electron chi connectivity index (χ4n) is 1.11. The van der Waals surface area contributed by atoms with E-state index in [4.69, 9.17) is 0 Å². The molecule has 1 unspecified atom stereocenters. The third-order valence-electron chi connectivity index (χ3n) is 2.30. The largest absolute Gasteiger partial charge is 0.471 e. The quantitative estimate of drug-likeness (QED) is 0.283. The molecule has 0 saturated carbocycles. The highest BCUT2D eigenvalue weighted by Crippen LogP contribution is 2.53. The molecule has 0 aromatic heterocycles. The van der Waals surface area contributed by atoms with Crippen LogP contribution in [0.1, 0.15) is 6.92 Å². The topological polar surface area (TPSA) is 61.8 Å². The Balaban J connectivity index is 6.39. The van der Waals surface area contributed by atoms with Gasteiger partial charge in [0.2, 0.25) is 0 Å². The lowest BCUT2D eigenvalue weighted by molar-refractivity contribution is -0.510. The minimum Gasteiger partial charge on any atom is -0.398 e. The second-order valence-electron chi connectivity index (χ2n) is 4.24. The summed E-state index contributed by atoms with van der Waals surface area (Å²) in [5, 5.41) is -6.92. The van der Waals surface area contributed by atoms with Crippen molar-refractivity contribution in [3.63, 3.8) is 0 Å². The molecule has 0 aliphatic carbocycles. The summed E-state index contributed by atoms with van der Waals surface area (Å²) in [6.07, 6.45) is -25.9. The lowest BCUT2D eigenvalue weighted by Crippen LogP contribution is -2.64. The highest BCUT2D eigenvalue weighted by molar-refractivity contribution is 7.87. The lowest BCUT2D eigenvalue weighted by Gasteiger charge is -2.36. The summed E-state index contributed by atoms with van der Waals surface area (Å²) in [5.74, 6) is -7.46. The van der Waals surface area contributed by atoms with Crippen molar-refractivity contribution in [3.05, 3.63) is 12.1 Å². The standard InChI is InChI=1S/C9H5F13O5S/c1-2-25-28(23,24)9(21,22)8(19,20)27-5(13,6(14,15)16)7(17,18)26-4(12)3(10)11/h2H2,1H3. The van der Waals surface area contributed by atoms with Crippen molar-refractivity contribution in [2.75, 3.05) is 6.61 Å². The van der Waals surface area contributed by atoms with Crippen LogP contribution < -0.4 is 0 Å². The van der Waals surface area contributed by atoms with Gasteiger partial charge in [-0.05, 0) is 6.92 Å². The average molecular weight is 472 g/mol. The van der Waals surface area contributed by atoms with Crippen molar-refractivity contribution in [1.29, 1.82) is 0 Å². The van der Waals surface area contributed by atoms with Crippen LogP contribution in [0.2, 0.25) is 0 Å². The van der Waals surface area contributed by atoms with E-state index in [1.54, 1.807) is 4.74 Å². The molecule has 0 aliphatic heterocycles. The number of ether oxygens (including phenoxy) is 2. The summed E-state index contributed by atoms with van der Waals surface area (Å²) < 4.78 is 194. The summed E-state index contributed by atoms with van der Waals surface area (Å²) >= 11 is 0. The van der Waals surface area contributed by atoms with E-state index in [1.807, 2.05) is 4.74 Å². The molecular formula is C9H5F13O5S. The zero-order chi connectivity index (χ0) is 23.0. The van der Waals surface area contributed by atoms with Crippen LogP contribution >= 0.6 is 0 Å². The molecule has 0 rings (SSSR count). The lowest BCUT2D eigenvalue weighted by atomic mass is 10.2. The smallest absolute Gasteiger partial charge is 0.398 e. The molecule has 0 heterocycles. The van der Waals surface area contributed by atoms with Crippen LogP contribution in [0.5, 0.6) is 0 Å². The molecule has 19 heteroatoms. The Labute approximate surface area is 145 Å². The van der Waals surface area contributed by atoms with E-state index in [2.05, 4.69) is 4.18 Å². The molecule has 0 amide bonds. The minimum atomic E-state index is -7.49. The van der Waals surface area contributed by atoms with Crippen molar-refractivity contribution in [2.24, 2.45) is 0 Å². The molecule has 5 nitrogen and oxygen atoms in total. The highest BCUT2D eigenvalue weighted by atomic mass is 32.2. The Hall–Kier alpha value is -1.50. The van der Waals surface area contributed by atoms with E-state index >= 15 is 0 Å². The van der Waals surface area contributed by atoms with Crippen LogP contribution in [0.15, 0.2) is 12.1 Å². The SMILES string of the molecule is CCOS(=O)(=O)C(F)(F)C(F)(F)OC(F)(C(F)(F)F)C(F)(F)OC(F)=C(F)F. The summed E-state index contributed by atoms with van der Waals surface area (Å²) in [6.45, 7) is -0.719. The summed E-state index contributed by atoms with van der Waals surface area (Å²) in [4.78, 5) is 0. The Kier molecular flexibility index (Phi) is 7.32. The minimum absolute atomic E-state index is 0.602. The van der Waals surface area contributed by atoms with Crippen molar-refractivity contribution in [1.82, 2.24) is 0 Å². The summed E-state index contributed by atoms with van der Waals surface area (Å²) in [6, 6.07) is -3.92. The molecule has 1 atom stereocenters. The number of halogens is 13. The maximum atomic E-state index is 13.6. The van der Waals surface area contributed by atoms with Gasteiger partial charge in [0.1, 0.15) is 0 Å². The van der Waals surface area contributed by atoms with Crippen molar-refractivity contribution >= 4 is 10.1 Å². The van der Waals surface area contributed by atoms with Crippen LogP contribution in [0, 0.1) is 0 Å². The molecule has 168 valence electrons. The molecule has 0 N–H and O–H groups in total. The van der Waals surface area contributed by atoms with Crippen LogP contribution in [-0.2, 0) is 23.8 Å². The van der Waals surface area contributed by atoms with Gasteiger partial charge in [-0.1, -0.05) is 0 Å². The van der Waals surface area contributed by atoms with E-state index in [-0.39, 0.29) is 0 Å². The van der Waals surface area contributed by atoms with Crippen molar-refractivity contribution in [3.8, 4) is 0 Å². The fraction of sp³-hybridized carbons (Fsp3) is 0.778. The first-order valence-electron chi connectivity index (χ1n) is 5.97. The van der Waals surface area contributed by atoms with Gasteiger partial charge in [-0.2, -0.15) is 65.5 Å². The molecule has 28 heavy (non-hydrogen) atoms. The van der Waals surface area contributed by atoms with Crippen LogP contribution in [-0.4, -0.2) is 44.5 Å². The van der Waals surface area contributed by atoms with Crippen molar-refractivity contribution < 1.29 is 79.2 Å². The molecule has 0 bridgehead atoms. The van der Waals surface area contributed by atoms with E-state index in [9.17, 15) is 65.5 Å². The highest BCUT2D eigenvalue weighted by Gasteiger charge is 2.82. The molecule has 0 fully saturated rings. The maximum absolute atomic E-state index is 13.6. The number of alkyl halides is 10. The first-order valence-corrected chi connectivity index (χ1v) is 7.38. The Morgan fingerprint density at radius 1 is 0.821 bits per heavy atom. The van der Waals surface area contributed by atoms with Crippen molar-refractivity contribution in [2.45, 2.75) is 36.4 Å². The second-order valence-corrected chi connectivity index (χ2v) is 5.90. The first-order chi connectivity index (χ1) is 12.1. The normalized spacial score (nSPS) is 16.5. The van der Waals surface area contributed by atoms with Gasteiger partial charge in [0.25, 0.3) is 0 Å². The van der Waals surface area contributed by atoms with Gasteiger partial charge in [0.15, 0.2) is 0 Å². The summed E-state index contributed by atoms with van der Waals surface area (Å²) in [5.41, 5.74) is 0.